The molecule has 2 aromatic carbocycles. The van der Waals surface area contributed by atoms with Gasteiger partial charge in [-0.1, -0.05) is 42.5 Å². The molecule has 5 heteroatoms. The monoisotopic (exact) mass is 353 g/mol. The van der Waals surface area contributed by atoms with Gasteiger partial charge in [-0.2, -0.15) is 5.26 Å². The van der Waals surface area contributed by atoms with Crippen molar-refractivity contribution < 1.29 is 0 Å². The fourth-order valence-electron chi connectivity index (χ4n) is 3.03. The number of nitrogens with zero attached hydrogens (tertiary/aromatic N) is 4. The number of hydrogen-bond donors (Lipinski definition) is 1. The van der Waals surface area contributed by atoms with Crippen molar-refractivity contribution in [2.24, 2.45) is 0 Å². The van der Waals surface area contributed by atoms with Crippen molar-refractivity contribution in [1.82, 2.24) is 14.5 Å². The van der Waals surface area contributed by atoms with Gasteiger partial charge in [0.25, 0.3) is 0 Å². The van der Waals surface area contributed by atoms with Crippen LogP contribution in [-0.2, 0) is 13.1 Å². The summed E-state index contributed by atoms with van der Waals surface area (Å²) >= 11 is 0. The van der Waals surface area contributed by atoms with Crippen molar-refractivity contribution in [3.05, 3.63) is 89.4 Å². The predicted molar refractivity (Wildman–Crippen MR) is 106 cm³/mol. The number of anilines is 1. The summed E-state index contributed by atoms with van der Waals surface area (Å²) in [6.45, 7) is 3.34. The maximum atomic E-state index is 9.08. The van der Waals surface area contributed by atoms with Crippen LogP contribution in [0.3, 0.4) is 0 Å². The Morgan fingerprint density at radius 3 is 2.59 bits per heavy atom. The second kappa shape index (κ2) is 7.30. The van der Waals surface area contributed by atoms with E-state index in [0.29, 0.717) is 18.1 Å². The number of fused-ring (bicyclic) bond motifs is 1. The van der Waals surface area contributed by atoms with Crippen LogP contribution in [0.25, 0.3) is 11.0 Å². The largest absolute Gasteiger partial charge is 0.366 e. The predicted octanol–water partition coefficient (Wildman–Crippen LogP) is 4.27. The zero-order valence-electron chi connectivity index (χ0n) is 15.1. The Labute approximate surface area is 157 Å². The van der Waals surface area contributed by atoms with Gasteiger partial charge in [-0.15, -0.1) is 0 Å². The van der Waals surface area contributed by atoms with Crippen molar-refractivity contribution in [3.63, 3.8) is 0 Å². The van der Waals surface area contributed by atoms with Crippen molar-refractivity contribution in [1.29, 1.82) is 5.26 Å². The zero-order chi connectivity index (χ0) is 18.6. The standard InChI is InChI=1S/C22H19N5/c1-16-6-11-22(26-20(16)12-23)24-13-17-7-9-18(10-8-17)14-27-15-25-19-4-2-3-5-21(19)27/h2-11,15H,13-14H2,1H3,(H,24,26). The molecule has 0 aliphatic heterocycles. The van der Waals surface area contributed by atoms with Crippen molar-refractivity contribution in [2.75, 3.05) is 5.32 Å². The average molecular weight is 353 g/mol. The first kappa shape index (κ1) is 16.8. The first-order valence-corrected chi connectivity index (χ1v) is 8.82. The topological polar surface area (TPSA) is 66.5 Å². The lowest BCUT2D eigenvalue weighted by atomic mass is 10.1. The van der Waals surface area contributed by atoms with Gasteiger partial charge in [0.05, 0.1) is 17.4 Å². The average Bonchev–Trinajstić information content (AvgIpc) is 3.11. The molecule has 0 spiro atoms. The molecule has 0 saturated heterocycles. The van der Waals surface area contributed by atoms with E-state index in [0.717, 1.165) is 28.7 Å². The molecule has 132 valence electrons. The molecule has 0 atom stereocenters. The van der Waals surface area contributed by atoms with Gasteiger partial charge in [0.1, 0.15) is 17.6 Å². The molecular weight excluding hydrogens is 334 g/mol. The number of benzene rings is 2. The highest BCUT2D eigenvalue weighted by atomic mass is 15.0. The number of rotatable bonds is 5. The molecule has 4 rings (SSSR count). The van der Waals surface area contributed by atoms with Gasteiger partial charge in [0.2, 0.25) is 0 Å². The van der Waals surface area contributed by atoms with Gasteiger partial charge < -0.3 is 9.88 Å². The molecule has 0 saturated carbocycles. The number of imidazole rings is 1. The second-order valence-electron chi connectivity index (χ2n) is 6.51. The maximum absolute atomic E-state index is 9.08. The SMILES string of the molecule is Cc1ccc(NCc2ccc(Cn3cnc4ccccc43)cc2)nc1C#N. The van der Waals surface area contributed by atoms with Crippen LogP contribution in [0.2, 0.25) is 0 Å². The molecule has 2 aromatic heterocycles. The van der Waals surface area contributed by atoms with Crippen LogP contribution >= 0.6 is 0 Å². The smallest absolute Gasteiger partial charge is 0.145 e. The first-order chi connectivity index (χ1) is 13.2. The van der Waals surface area contributed by atoms with E-state index in [1.807, 2.05) is 43.6 Å². The summed E-state index contributed by atoms with van der Waals surface area (Å²) in [7, 11) is 0. The van der Waals surface area contributed by atoms with Crippen molar-refractivity contribution in [3.8, 4) is 6.07 Å². The van der Waals surface area contributed by atoms with Crippen molar-refractivity contribution in [2.45, 2.75) is 20.0 Å². The number of nitriles is 1. The van der Waals surface area contributed by atoms with E-state index >= 15 is 0 Å². The fourth-order valence-corrected chi connectivity index (χ4v) is 3.03. The van der Waals surface area contributed by atoms with Crippen LogP contribution < -0.4 is 5.32 Å². The van der Waals surface area contributed by atoms with Crippen LogP contribution in [-0.4, -0.2) is 14.5 Å². The summed E-state index contributed by atoms with van der Waals surface area (Å²) in [5.41, 5.74) is 5.89. The van der Waals surface area contributed by atoms with Crippen LogP contribution in [0.5, 0.6) is 0 Å². The molecule has 0 radical (unpaired) electrons. The Kier molecular flexibility index (Phi) is 4.54. The van der Waals surface area contributed by atoms with Gasteiger partial charge in [-0.3, -0.25) is 0 Å². The Bertz CT molecular complexity index is 1120. The summed E-state index contributed by atoms with van der Waals surface area (Å²) in [6, 6.07) is 22.6. The molecule has 1 N–H and O–H groups in total. The molecule has 0 aliphatic rings. The van der Waals surface area contributed by atoms with Crippen LogP contribution in [0.15, 0.2) is 67.0 Å². The van der Waals surface area contributed by atoms with E-state index in [4.69, 9.17) is 5.26 Å². The van der Waals surface area contributed by atoms with Gasteiger partial charge >= 0.3 is 0 Å². The van der Waals surface area contributed by atoms with Crippen LogP contribution in [0, 0.1) is 18.3 Å². The van der Waals surface area contributed by atoms with Gasteiger partial charge in [0.15, 0.2) is 0 Å². The third-order valence-electron chi connectivity index (χ3n) is 4.58. The minimum atomic E-state index is 0.461. The Morgan fingerprint density at radius 1 is 1.00 bits per heavy atom. The van der Waals surface area contributed by atoms with E-state index in [9.17, 15) is 0 Å². The zero-order valence-corrected chi connectivity index (χ0v) is 15.1. The molecule has 0 unspecified atom stereocenters. The highest BCUT2D eigenvalue weighted by molar-refractivity contribution is 5.75. The van der Waals surface area contributed by atoms with E-state index in [1.54, 1.807) is 0 Å². The molecular formula is C22H19N5. The summed E-state index contributed by atoms with van der Waals surface area (Å²) in [5, 5.41) is 12.4. The molecule has 0 aliphatic carbocycles. The van der Waals surface area contributed by atoms with Crippen molar-refractivity contribution >= 4 is 16.9 Å². The van der Waals surface area contributed by atoms with E-state index in [2.05, 4.69) is 56.3 Å². The fraction of sp³-hybridized carbons (Fsp3) is 0.136. The molecule has 0 amide bonds. The highest BCUT2D eigenvalue weighted by Crippen LogP contribution is 2.15. The molecule has 4 aromatic rings. The van der Waals surface area contributed by atoms with E-state index in [1.165, 1.54) is 5.56 Å². The summed E-state index contributed by atoms with van der Waals surface area (Å²) < 4.78 is 2.15. The molecule has 2 heterocycles. The van der Waals surface area contributed by atoms with E-state index < -0.39 is 0 Å². The van der Waals surface area contributed by atoms with Crippen LogP contribution in [0.1, 0.15) is 22.4 Å². The summed E-state index contributed by atoms with van der Waals surface area (Å²) in [4.78, 5) is 8.76. The second-order valence-corrected chi connectivity index (χ2v) is 6.51. The van der Waals surface area contributed by atoms with Crippen LogP contribution in [0.4, 0.5) is 5.82 Å². The highest BCUT2D eigenvalue weighted by Gasteiger charge is 2.04. The summed E-state index contributed by atoms with van der Waals surface area (Å²) in [6.07, 6.45) is 1.88. The lowest BCUT2D eigenvalue weighted by molar-refractivity contribution is 0.824. The van der Waals surface area contributed by atoms with E-state index in [-0.39, 0.29) is 0 Å². The molecule has 27 heavy (non-hydrogen) atoms. The lowest BCUT2D eigenvalue weighted by Crippen LogP contribution is -2.03. The minimum Gasteiger partial charge on any atom is -0.366 e. The molecule has 0 bridgehead atoms. The Morgan fingerprint density at radius 2 is 1.78 bits per heavy atom. The lowest BCUT2D eigenvalue weighted by Gasteiger charge is -2.09. The Balaban J connectivity index is 1.42. The quantitative estimate of drug-likeness (QED) is 0.582. The molecule has 5 nitrogen and oxygen atoms in total. The number of pyridine rings is 1. The Hall–Kier alpha value is -3.65. The maximum Gasteiger partial charge on any atom is 0.145 e. The minimum absolute atomic E-state index is 0.461. The number of aryl methyl sites for hydroxylation is 1. The molecule has 0 fully saturated rings. The van der Waals surface area contributed by atoms with Gasteiger partial charge in [0, 0.05) is 13.1 Å². The summed E-state index contributed by atoms with van der Waals surface area (Å²) in [5.74, 6) is 0.714. The first-order valence-electron chi connectivity index (χ1n) is 8.82. The number of aromatic nitrogens is 3. The number of hydrogen-bond acceptors (Lipinski definition) is 4. The van der Waals surface area contributed by atoms with Gasteiger partial charge in [-0.25, -0.2) is 9.97 Å². The third kappa shape index (κ3) is 3.65. The third-order valence-corrected chi connectivity index (χ3v) is 4.58. The number of nitrogens with one attached hydrogen (secondary N) is 1. The van der Waals surface area contributed by atoms with Gasteiger partial charge in [-0.05, 0) is 41.8 Å². The normalized spacial score (nSPS) is 10.7. The number of para-hydroxylation sites is 2.